The zero-order valence-electron chi connectivity index (χ0n) is 20.2. The molecule has 7 heterocycles. The molecule has 0 unspecified atom stereocenters. The Kier molecular flexibility index (Phi) is 5.40. The first-order chi connectivity index (χ1) is 18.3. The summed E-state index contributed by atoms with van der Waals surface area (Å²) in [6, 6.07) is 12.0. The van der Waals surface area contributed by atoms with E-state index < -0.39 is 0 Å². The van der Waals surface area contributed by atoms with E-state index in [1.54, 1.807) is 12.4 Å². The van der Waals surface area contributed by atoms with Crippen LogP contribution in [0.25, 0.3) is 56.1 Å². The molecule has 1 aliphatic heterocycles. The third-order valence-corrected chi connectivity index (χ3v) is 6.95. The van der Waals surface area contributed by atoms with E-state index >= 15 is 0 Å². The number of imidazole rings is 1. The summed E-state index contributed by atoms with van der Waals surface area (Å²) in [4.78, 5) is 28.9. The van der Waals surface area contributed by atoms with E-state index in [9.17, 15) is 0 Å². The van der Waals surface area contributed by atoms with Crippen molar-refractivity contribution < 1.29 is 0 Å². The smallest absolute Gasteiger partial charge is 0.178 e. The second-order valence-electron chi connectivity index (χ2n) is 9.46. The van der Waals surface area contributed by atoms with Crippen LogP contribution in [0.3, 0.4) is 0 Å². The second kappa shape index (κ2) is 9.18. The van der Waals surface area contributed by atoms with Gasteiger partial charge in [0.05, 0.1) is 28.6 Å². The van der Waals surface area contributed by atoms with Gasteiger partial charge < -0.3 is 4.98 Å². The number of hydrogen-bond acceptors (Lipinski definition) is 7. The first-order valence-electron chi connectivity index (χ1n) is 12.6. The molecule has 9 nitrogen and oxygen atoms in total. The van der Waals surface area contributed by atoms with Gasteiger partial charge in [0.15, 0.2) is 11.5 Å². The Balaban J connectivity index is 1.26. The van der Waals surface area contributed by atoms with Gasteiger partial charge in [-0.05, 0) is 61.8 Å². The van der Waals surface area contributed by atoms with Gasteiger partial charge in [0.1, 0.15) is 5.69 Å². The highest BCUT2D eigenvalue weighted by molar-refractivity contribution is 5.96. The molecule has 1 saturated heterocycles. The van der Waals surface area contributed by atoms with Gasteiger partial charge in [-0.1, -0.05) is 12.5 Å². The van der Waals surface area contributed by atoms with Crippen LogP contribution < -0.4 is 0 Å². The van der Waals surface area contributed by atoms with E-state index in [1.165, 1.54) is 24.8 Å². The van der Waals surface area contributed by atoms with E-state index in [4.69, 9.17) is 9.97 Å². The SMILES string of the molecule is c1ccc(-c2ccnc3nc(-c4n[nH]c5cnc(-c6cncc(CN7CCCCC7)c6)cc45)[nH]c23)nc1. The van der Waals surface area contributed by atoms with Crippen molar-refractivity contribution in [3.8, 4) is 34.0 Å². The van der Waals surface area contributed by atoms with Crippen LogP contribution in [0.2, 0.25) is 0 Å². The molecule has 1 fully saturated rings. The number of rotatable bonds is 5. The predicted octanol–water partition coefficient (Wildman–Crippen LogP) is 5.01. The molecule has 1 aliphatic rings. The molecule has 0 radical (unpaired) electrons. The van der Waals surface area contributed by atoms with E-state index in [0.717, 1.165) is 64.3 Å². The lowest BCUT2D eigenvalue weighted by molar-refractivity contribution is 0.220. The lowest BCUT2D eigenvalue weighted by atomic mass is 10.1. The standard InChI is InChI=1S/C28H25N9/c1-4-10-37(11-5-1)17-18-12-19(15-29-14-18)23-13-21-24(16-32-23)35-36-26(21)28-33-25-20(7-9-31-27(25)34-28)22-6-2-3-8-30-22/h2-3,6-9,12-16H,1,4-5,10-11,17H2,(H,35,36)(H,31,33,34). The Morgan fingerprint density at radius 2 is 1.81 bits per heavy atom. The summed E-state index contributed by atoms with van der Waals surface area (Å²) in [7, 11) is 0. The molecule has 2 N–H and O–H groups in total. The molecule has 0 bridgehead atoms. The average molecular weight is 488 g/mol. The summed E-state index contributed by atoms with van der Waals surface area (Å²) < 4.78 is 0. The van der Waals surface area contributed by atoms with Gasteiger partial charge in [0, 0.05) is 47.8 Å². The second-order valence-corrected chi connectivity index (χ2v) is 9.46. The topological polar surface area (TPSA) is 112 Å². The maximum Gasteiger partial charge on any atom is 0.178 e. The summed E-state index contributed by atoms with van der Waals surface area (Å²) >= 11 is 0. The maximum absolute atomic E-state index is 4.76. The van der Waals surface area contributed by atoms with Crippen molar-refractivity contribution in [1.29, 1.82) is 0 Å². The normalized spacial score (nSPS) is 14.5. The van der Waals surface area contributed by atoms with E-state index in [0.29, 0.717) is 11.5 Å². The number of aromatic amines is 2. The van der Waals surface area contributed by atoms with Crippen LogP contribution in [0.4, 0.5) is 0 Å². The molecule has 182 valence electrons. The molecule has 0 saturated carbocycles. The van der Waals surface area contributed by atoms with Crippen LogP contribution in [0.1, 0.15) is 24.8 Å². The average Bonchev–Trinajstić information content (AvgIpc) is 3.58. The quantitative estimate of drug-likeness (QED) is 0.352. The van der Waals surface area contributed by atoms with Gasteiger partial charge in [0.25, 0.3) is 0 Å². The number of piperidine rings is 1. The van der Waals surface area contributed by atoms with Crippen LogP contribution >= 0.6 is 0 Å². The van der Waals surface area contributed by atoms with E-state index in [2.05, 4.69) is 47.2 Å². The minimum absolute atomic E-state index is 0.623. The summed E-state index contributed by atoms with van der Waals surface area (Å²) in [5.41, 5.74) is 7.88. The van der Waals surface area contributed by atoms with Crippen molar-refractivity contribution in [2.24, 2.45) is 0 Å². The zero-order chi connectivity index (χ0) is 24.6. The summed E-state index contributed by atoms with van der Waals surface area (Å²) in [5.74, 6) is 0.645. The third kappa shape index (κ3) is 4.13. The number of pyridine rings is 4. The Hall–Kier alpha value is -4.50. The van der Waals surface area contributed by atoms with Gasteiger partial charge in [-0.15, -0.1) is 0 Å². The molecule has 37 heavy (non-hydrogen) atoms. The molecule has 0 spiro atoms. The molecular weight excluding hydrogens is 462 g/mol. The third-order valence-electron chi connectivity index (χ3n) is 6.95. The largest absolute Gasteiger partial charge is 0.335 e. The first-order valence-corrected chi connectivity index (χ1v) is 12.6. The molecule has 0 atom stereocenters. The van der Waals surface area contributed by atoms with Crippen molar-refractivity contribution in [3.05, 3.63) is 72.9 Å². The van der Waals surface area contributed by atoms with Crippen molar-refractivity contribution >= 4 is 22.1 Å². The zero-order valence-corrected chi connectivity index (χ0v) is 20.2. The maximum atomic E-state index is 4.76. The fourth-order valence-electron chi connectivity index (χ4n) is 5.10. The van der Waals surface area contributed by atoms with Gasteiger partial charge in [-0.2, -0.15) is 5.10 Å². The van der Waals surface area contributed by atoms with Crippen LogP contribution in [0, 0.1) is 0 Å². The number of H-pyrrole nitrogens is 2. The fourth-order valence-corrected chi connectivity index (χ4v) is 5.10. The van der Waals surface area contributed by atoms with E-state index in [1.807, 2.05) is 42.9 Å². The Morgan fingerprint density at radius 3 is 2.70 bits per heavy atom. The highest BCUT2D eigenvalue weighted by atomic mass is 15.1. The lowest BCUT2D eigenvalue weighted by Gasteiger charge is -2.26. The summed E-state index contributed by atoms with van der Waals surface area (Å²) in [6.45, 7) is 3.23. The van der Waals surface area contributed by atoms with Crippen LogP contribution in [-0.2, 0) is 6.54 Å². The highest BCUT2D eigenvalue weighted by Crippen LogP contribution is 2.31. The molecule has 0 aliphatic carbocycles. The number of nitrogens with one attached hydrogen (secondary N) is 2. The molecular formula is C28H25N9. The summed E-state index contributed by atoms with van der Waals surface area (Å²) in [5, 5.41) is 8.60. The van der Waals surface area contributed by atoms with Crippen molar-refractivity contribution in [1.82, 2.24) is 45.0 Å². The molecule has 7 rings (SSSR count). The molecule has 6 aromatic rings. The lowest BCUT2D eigenvalue weighted by Crippen LogP contribution is -2.29. The van der Waals surface area contributed by atoms with Gasteiger partial charge in [-0.3, -0.25) is 25.0 Å². The Bertz CT molecular complexity index is 1700. The number of likely N-dealkylation sites (tertiary alicyclic amines) is 1. The number of hydrogen-bond donors (Lipinski definition) is 2. The highest BCUT2D eigenvalue weighted by Gasteiger charge is 2.17. The predicted molar refractivity (Wildman–Crippen MR) is 142 cm³/mol. The molecule has 6 aromatic heterocycles. The first kappa shape index (κ1) is 21.8. The minimum atomic E-state index is 0.623. The Morgan fingerprint density at radius 1 is 0.865 bits per heavy atom. The summed E-state index contributed by atoms with van der Waals surface area (Å²) in [6.07, 6.45) is 13.1. The van der Waals surface area contributed by atoms with Crippen molar-refractivity contribution in [3.63, 3.8) is 0 Å². The number of aromatic nitrogens is 8. The van der Waals surface area contributed by atoms with Crippen LogP contribution in [0.15, 0.2) is 67.4 Å². The van der Waals surface area contributed by atoms with Gasteiger partial charge in [-0.25, -0.2) is 9.97 Å². The Labute approximate surface area is 213 Å². The molecule has 9 heteroatoms. The van der Waals surface area contributed by atoms with Gasteiger partial charge in [0.2, 0.25) is 0 Å². The van der Waals surface area contributed by atoms with Crippen molar-refractivity contribution in [2.45, 2.75) is 25.8 Å². The molecule has 0 aromatic carbocycles. The molecule has 0 amide bonds. The van der Waals surface area contributed by atoms with Gasteiger partial charge >= 0.3 is 0 Å². The van der Waals surface area contributed by atoms with Crippen molar-refractivity contribution in [2.75, 3.05) is 13.1 Å². The fraction of sp³-hybridized carbons (Fsp3) is 0.214. The number of fused-ring (bicyclic) bond motifs is 2. The van der Waals surface area contributed by atoms with Crippen LogP contribution in [0.5, 0.6) is 0 Å². The van der Waals surface area contributed by atoms with Crippen LogP contribution in [-0.4, -0.2) is 58.1 Å². The minimum Gasteiger partial charge on any atom is -0.335 e. The number of nitrogens with zero attached hydrogens (tertiary/aromatic N) is 7. The van der Waals surface area contributed by atoms with E-state index in [-0.39, 0.29) is 0 Å². The monoisotopic (exact) mass is 487 g/mol.